The Morgan fingerprint density at radius 3 is 2.91 bits per heavy atom. The Morgan fingerprint density at radius 2 is 2.27 bits per heavy atom. The number of allylic oxidation sites excluding steroid dienone is 2. The fourth-order valence-electron chi connectivity index (χ4n) is 2.85. The minimum atomic E-state index is -0.525. The SMILES string of the molecule is C=COc1ccc(C(=O)OCC)c(O)c1C1C=C(C)CCC1. The Morgan fingerprint density at radius 1 is 1.50 bits per heavy atom. The zero-order chi connectivity index (χ0) is 16.1. The van der Waals surface area contributed by atoms with E-state index in [9.17, 15) is 9.90 Å². The first-order valence-electron chi connectivity index (χ1n) is 7.56. The monoisotopic (exact) mass is 302 g/mol. The van der Waals surface area contributed by atoms with Crippen LogP contribution in [0.15, 0.2) is 36.6 Å². The summed E-state index contributed by atoms with van der Waals surface area (Å²) in [6.07, 6.45) is 6.46. The van der Waals surface area contributed by atoms with E-state index >= 15 is 0 Å². The van der Waals surface area contributed by atoms with Crippen LogP contribution >= 0.6 is 0 Å². The normalized spacial score (nSPS) is 17.5. The fraction of sp³-hybridized carbons (Fsp3) is 0.389. The Kier molecular flexibility index (Phi) is 5.26. The number of hydrogen-bond acceptors (Lipinski definition) is 4. The summed E-state index contributed by atoms with van der Waals surface area (Å²) in [5.41, 5.74) is 2.08. The summed E-state index contributed by atoms with van der Waals surface area (Å²) < 4.78 is 10.4. The average molecular weight is 302 g/mol. The molecule has 118 valence electrons. The van der Waals surface area contributed by atoms with Crippen molar-refractivity contribution in [2.75, 3.05) is 6.61 Å². The number of hydrogen-bond donors (Lipinski definition) is 1. The molecule has 0 spiro atoms. The molecule has 1 aliphatic rings. The van der Waals surface area contributed by atoms with E-state index in [0.717, 1.165) is 19.3 Å². The minimum absolute atomic E-state index is 0.0260. The quantitative estimate of drug-likeness (QED) is 0.500. The average Bonchev–Trinajstić information content (AvgIpc) is 2.48. The molecule has 0 amide bonds. The highest BCUT2D eigenvalue weighted by Crippen LogP contribution is 2.43. The van der Waals surface area contributed by atoms with Gasteiger partial charge in [-0.1, -0.05) is 18.2 Å². The van der Waals surface area contributed by atoms with Gasteiger partial charge in [-0.2, -0.15) is 0 Å². The highest BCUT2D eigenvalue weighted by atomic mass is 16.5. The van der Waals surface area contributed by atoms with Gasteiger partial charge in [-0.15, -0.1) is 0 Å². The van der Waals surface area contributed by atoms with Crippen molar-refractivity contribution < 1.29 is 19.4 Å². The molecule has 4 heteroatoms. The second-order valence-electron chi connectivity index (χ2n) is 5.39. The molecule has 1 aliphatic carbocycles. The third kappa shape index (κ3) is 3.32. The molecule has 0 saturated heterocycles. The number of ether oxygens (including phenoxy) is 2. The maximum Gasteiger partial charge on any atom is 0.341 e. The van der Waals surface area contributed by atoms with Gasteiger partial charge in [0.05, 0.1) is 12.9 Å². The van der Waals surface area contributed by atoms with E-state index in [1.54, 1.807) is 13.0 Å². The predicted octanol–water partition coefficient (Wildman–Crippen LogP) is 4.31. The summed E-state index contributed by atoms with van der Waals surface area (Å²) in [5.74, 6) is -0.0359. The number of phenolic OH excluding ortho intramolecular Hbond substituents is 1. The van der Waals surface area contributed by atoms with Crippen LogP contribution in [0.5, 0.6) is 11.5 Å². The van der Waals surface area contributed by atoms with Crippen molar-refractivity contribution in [3.05, 3.63) is 47.7 Å². The molecule has 0 fully saturated rings. The van der Waals surface area contributed by atoms with Crippen LogP contribution < -0.4 is 4.74 Å². The van der Waals surface area contributed by atoms with E-state index in [0.29, 0.717) is 11.3 Å². The number of esters is 1. The van der Waals surface area contributed by atoms with Gasteiger partial charge in [0.25, 0.3) is 0 Å². The second kappa shape index (κ2) is 7.16. The van der Waals surface area contributed by atoms with Crippen LogP contribution in [0.3, 0.4) is 0 Å². The molecule has 1 aromatic carbocycles. The summed E-state index contributed by atoms with van der Waals surface area (Å²) in [5, 5.41) is 10.6. The summed E-state index contributed by atoms with van der Waals surface area (Å²) in [6, 6.07) is 3.20. The molecule has 1 atom stereocenters. The van der Waals surface area contributed by atoms with Crippen molar-refractivity contribution in [1.29, 1.82) is 0 Å². The van der Waals surface area contributed by atoms with Crippen molar-refractivity contribution in [2.24, 2.45) is 0 Å². The number of rotatable bonds is 5. The van der Waals surface area contributed by atoms with Crippen LogP contribution in [-0.2, 0) is 4.74 Å². The molecule has 22 heavy (non-hydrogen) atoms. The van der Waals surface area contributed by atoms with Crippen LogP contribution in [0.1, 0.15) is 54.9 Å². The highest BCUT2D eigenvalue weighted by molar-refractivity contribution is 5.93. The molecular weight excluding hydrogens is 280 g/mol. The Labute approximate surface area is 131 Å². The van der Waals surface area contributed by atoms with Crippen LogP contribution in [-0.4, -0.2) is 17.7 Å². The molecule has 4 nitrogen and oxygen atoms in total. The van der Waals surface area contributed by atoms with Crippen LogP contribution in [0.25, 0.3) is 0 Å². The summed E-state index contributed by atoms with van der Waals surface area (Å²) in [6.45, 7) is 7.64. The van der Waals surface area contributed by atoms with E-state index in [1.807, 2.05) is 0 Å². The van der Waals surface area contributed by atoms with Crippen LogP contribution in [0.2, 0.25) is 0 Å². The van der Waals surface area contributed by atoms with Gasteiger partial charge in [0, 0.05) is 11.5 Å². The Bertz CT molecular complexity index is 601. The zero-order valence-corrected chi connectivity index (χ0v) is 13.1. The van der Waals surface area contributed by atoms with Crippen molar-refractivity contribution >= 4 is 5.97 Å². The van der Waals surface area contributed by atoms with Crippen molar-refractivity contribution in [2.45, 2.75) is 39.0 Å². The van der Waals surface area contributed by atoms with E-state index < -0.39 is 5.97 Å². The molecule has 1 aromatic rings. The van der Waals surface area contributed by atoms with E-state index in [1.165, 1.54) is 17.9 Å². The number of carbonyl (C=O) groups excluding carboxylic acids is 1. The van der Waals surface area contributed by atoms with Gasteiger partial charge in [-0.3, -0.25) is 0 Å². The number of aromatic hydroxyl groups is 1. The topological polar surface area (TPSA) is 55.8 Å². The maximum atomic E-state index is 12.0. The molecular formula is C18H22O4. The summed E-state index contributed by atoms with van der Waals surface area (Å²) in [4.78, 5) is 12.0. The lowest BCUT2D eigenvalue weighted by atomic mass is 9.84. The third-order valence-electron chi connectivity index (χ3n) is 3.83. The van der Waals surface area contributed by atoms with Gasteiger partial charge in [-0.05, 0) is 45.2 Å². The summed E-state index contributed by atoms with van der Waals surface area (Å²) >= 11 is 0. The number of phenols is 1. The molecule has 0 aliphatic heterocycles. The van der Waals surface area contributed by atoms with Crippen molar-refractivity contribution in [3.63, 3.8) is 0 Å². The van der Waals surface area contributed by atoms with Crippen LogP contribution in [0, 0.1) is 0 Å². The predicted molar refractivity (Wildman–Crippen MR) is 85.2 cm³/mol. The number of benzene rings is 1. The van der Waals surface area contributed by atoms with Gasteiger partial charge in [0.1, 0.15) is 17.1 Å². The van der Waals surface area contributed by atoms with E-state index in [4.69, 9.17) is 9.47 Å². The van der Waals surface area contributed by atoms with Gasteiger partial charge in [0.15, 0.2) is 0 Å². The molecule has 1 N–H and O–H groups in total. The lowest BCUT2D eigenvalue weighted by Gasteiger charge is -2.23. The lowest BCUT2D eigenvalue weighted by molar-refractivity contribution is 0.0523. The Balaban J connectivity index is 2.51. The van der Waals surface area contributed by atoms with Gasteiger partial charge in [0.2, 0.25) is 0 Å². The fourth-order valence-corrected chi connectivity index (χ4v) is 2.85. The molecule has 2 rings (SSSR count). The minimum Gasteiger partial charge on any atom is -0.507 e. The largest absolute Gasteiger partial charge is 0.507 e. The molecule has 0 bridgehead atoms. The van der Waals surface area contributed by atoms with Gasteiger partial charge < -0.3 is 14.6 Å². The van der Waals surface area contributed by atoms with Gasteiger partial charge in [-0.25, -0.2) is 4.79 Å². The van der Waals surface area contributed by atoms with Gasteiger partial charge >= 0.3 is 5.97 Å². The summed E-state index contributed by atoms with van der Waals surface area (Å²) in [7, 11) is 0. The first-order chi connectivity index (χ1) is 10.6. The zero-order valence-electron chi connectivity index (χ0n) is 13.1. The second-order valence-corrected chi connectivity index (χ2v) is 5.39. The lowest BCUT2D eigenvalue weighted by Crippen LogP contribution is -2.09. The Hall–Kier alpha value is -2.23. The number of carbonyl (C=O) groups is 1. The molecule has 0 saturated carbocycles. The van der Waals surface area contributed by atoms with E-state index in [-0.39, 0.29) is 23.8 Å². The van der Waals surface area contributed by atoms with Crippen molar-refractivity contribution in [3.8, 4) is 11.5 Å². The smallest absolute Gasteiger partial charge is 0.341 e. The van der Waals surface area contributed by atoms with Crippen molar-refractivity contribution in [1.82, 2.24) is 0 Å². The molecule has 0 aromatic heterocycles. The molecule has 1 unspecified atom stereocenters. The highest BCUT2D eigenvalue weighted by Gasteiger charge is 2.25. The third-order valence-corrected chi connectivity index (χ3v) is 3.83. The first-order valence-corrected chi connectivity index (χ1v) is 7.56. The van der Waals surface area contributed by atoms with Crippen LogP contribution in [0.4, 0.5) is 0 Å². The van der Waals surface area contributed by atoms with E-state index in [2.05, 4.69) is 19.6 Å². The first kappa shape index (κ1) is 16.1. The molecule has 0 heterocycles. The standard InChI is InChI=1S/C18H22O4/c1-4-21-15-10-9-14(18(20)22-5-2)17(19)16(15)13-8-6-7-12(3)11-13/h4,9-11,13,19H,1,5-8H2,2-3H3. The molecule has 0 radical (unpaired) electrons. The maximum absolute atomic E-state index is 12.0.